The molecule has 6 nitrogen and oxygen atoms in total. The second-order valence-electron chi connectivity index (χ2n) is 4.06. The largest absolute Gasteiger partial charge is 0.343 e. The van der Waals surface area contributed by atoms with E-state index in [1.165, 1.54) is 11.9 Å². The molecule has 0 radical (unpaired) electrons. The summed E-state index contributed by atoms with van der Waals surface area (Å²) in [6, 6.07) is -0.821. The molecule has 0 spiro atoms. The van der Waals surface area contributed by atoms with Crippen molar-refractivity contribution < 1.29 is 14.8 Å². The van der Waals surface area contributed by atoms with Gasteiger partial charge in [0.15, 0.2) is 0 Å². The van der Waals surface area contributed by atoms with Gasteiger partial charge in [-0.05, 0) is 25.7 Å². The minimum Gasteiger partial charge on any atom is -0.343 e. The molecule has 0 unspecified atom stereocenters. The van der Waals surface area contributed by atoms with Crippen molar-refractivity contribution in [1.82, 2.24) is 10.4 Å². The smallest absolute Gasteiger partial charge is 0.260 e. The number of nitrogens with two attached hydrogens (primary N) is 1. The number of carbonyl (C=O) groups is 2. The van der Waals surface area contributed by atoms with Gasteiger partial charge in [-0.1, -0.05) is 0 Å². The zero-order chi connectivity index (χ0) is 12.0. The highest BCUT2D eigenvalue weighted by atomic mass is 16.5. The number of hydrogen-bond donors (Lipinski definition) is 3. The summed E-state index contributed by atoms with van der Waals surface area (Å²) >= 11 is 0. The molecule has 4 N–H and O–H groups in total. The number of likely N-dealkylation sites (tertiary alicyclic amines) is 1. The molecule has 0 aromatic heterocycles. The first kappa shape index (κ1) is 12.9. The van der Waals surface area contributed by atoms with Crippen LogP contribution in [0.25, 0.3) is 0 Å². The van der Waals surface area contributed by atoms with E-state index in [-0.39, 0.29) is 18.7 Å². The molecule has 0 bridgehead atoms. The average Bonchev–Trinajstić information content (AvgIpc) is 2.35. The van der Waals surface area contributed by atoms with Gasteiger partial charge < -0.3 is 10.6 Å². The summed E-state index contributed by atoms with van der Waals surface area (Å²) in [7, 11) is 0. The van der Waals surface area contributed by atoms with Crippen LogP contribution < -0.4 is 11.2 Å². The molecular weight excluding hydrogens is 210 g/mol. The zero-order valence-corrected chi connectivity index (χ0v) is 9.32. The average molecular weight is 229 g/mol. The molecule has 1 saturated heterocycles. The van der Waals surface area contributed by atoms with Crippen LogP contribution in [0.4, 0.5) is 0 Å². The quantitative estimate of drug-likeness (QED) is 0.452. The van der Waals surface area contributed by atoms with Gasteiger partial charge in [0, 0.05) is 19.5 Å². The summed E-state index contributed by atoms with van der Waals surface area (Å²) in [5.74, 6) is -0.604. The van der Waals surface area contributed by atoms with Crippen molar-refractivity contribution in [2.75, 3.05) is 13.1 Å². The minimum absolute atomic E-state index is 0.0425. The Hall–Kier alpha value is -1.14. The van der Waals surface area contributed by atoms with Gasteiger partial charge in [0.05, 0.1) is 6.04 Å². The van der Waals surface area contributed by atoms with Crippen molar-refractivity contribution in [3.8, 4) is 0 Å². The Morgan fingerprint density at radius 1 is 1.31 bits per heavy atom. The van der Waals surface area contributed by atoms with Gasteiger partial charge in [-0.25, -0.2) is 5.48 Å². The fourth-order valence-corrected chi connectivity index (χ4v) is 1.79. The van der Waals surface area contributed by atoms with E-state index in [2.05, 4.69) is 0 Å². The standard InChI is InChI=1S/C10H19N3O3/c11-8(10(15)12-16)4-5-9(14)13-6-2-1-3-7-13/h8,16H,1-7,11H2,(H,12,15)/t8-/m0/s1. The Bertz CT molecular complexity index is 252. The number of amides is 2. The molecule has 0 aromatic rings. The fraction of sp³-hybridized carbons (Fsp3) is 0.800. The van der Waals surface area contributed by atoms with Gasteiger partial charge >= 0.3 is 0 Å². The van der Waals surface area contributed by atoms with E-state index in [0.29, 0.717) is 0 Å². The molecule has 2 amide bonds. The summed E-state index contributed by atoms with van der Waals surface area (Å²) in [5.41, 5.74) is 6.94. The lowest BCUT2D eigenvalue weighted by Crippen LogP contribution is -2.41. The van der Waals surface area contributed by atoms with Gasteiger partial charge in [-0.15, -0.1) is 0 Å². The molecule has 0 saturated carbocycles. The Kier molecular flexibility index (Phi) is 5.21. The number of nitrogens with one attached hydrogen (secondary N) is 1. The van der Waals surface area contributed by atoms with Gasteiger partial charge in [0.2, 0.25) is 5.91 Å². The van der Waals surface area contributed by atoms with Crippen LogP contribution in [0, 0.1) is 0 Å². The minimum atomic E-state index is -0.821. The Labute approximate surface area is 94.7 Å². The van der Waals surface area contributed by atoms with Gasteiger partial charge in [0.25, 0.3) is 5.91 Å². The summed E-state index contributed by atoms with van der Waals surface area (Å²) < 4.78 is 0. The lowest BCUT2D eigenvalue weighted by atomic mass is 10.1. The van der Waals surface area contributed by atoms with E-state index in [1.54, 1.807) is 0 Å². The normalized spacial score (nSPS) is 18.0. The highest BCUT2D eigenvalue weighted by Crippen LogP contribution is 2.11. The summed E-state index contributed by atoms with van der Waals surface area (Å²) in [6.07, 6.45) is 3.80. The molecule has 1 rings (SSSR count). The van der Waals surface area contributed by atoms with Crippen LogP contribution in [-0.2, 0) is 9.59 Å². The topological polar surface area (TPSA) is 95.7 Å². The second kappa shape index (κ2) is 6.44. The number of hydroxylamine groups is 1. The molecule has 1 heterocycles. The number of rotatable bonds is 4. The van der Waals surface area contributed by atoms with Crippen LogP contribution in [0.5, 0.6) is 0 Å². The molecule has 0 aromatic carbocycles. The first-order valence-corrected chi connectivity index (χ1v) is 5.62. The lowest BCUT2D eigenvalue weighted by Gasteiger charge is -2.27. The fourth-order valence-electron chi connectivity index (χ4n) is 1.79. The van der Waals surface area contributed by atoms with Gasteiger partial charge in [-0.3, -0.25) is 14.8 Å². The molecular formula is C10H19N3O3. The van der Waals surface area contributed by atoms with Crippen LogP contribution in [0.3, 0.4) is 0 Å². The number of hydrogen-bond acceptors (Lipinski definition) is 4. The third kappa shape index (κ3) is 3.79. The van der Waals surface area contributed by atoms with Crippen molar-refractivity contribution in [3.63, 3.8) is 0 Å². The first-order chi connectivity index (χ1) is 7.65. The van der Waals surface area contributed by atoms with Crippen LogP contribution in [0.2, 0.25) is 0 Å². The summed E-state index contributed by atoms with van der Waals surface area (Å²) in [6.45, 7) is 1.61. The molecule has 1 aliphatic rings. The second-order valence-corrected chi connectivity index (χ2v) is 4.06. The third-order valence-electron chi connectivity index (χ3n) is 2.82. The van der Waals surface area contributed by atoms with Crippen LogP contribution in [0.15, 0.2) is 0 Å². The maximum absolute atomic E-state index is 11.7. The molecule has 1 aliphatic heterocycles. The van der Waals surface area contributed by atoms with Crippen LogP contribution in [-0.4, -0.2) is 41.1 Å². The summed E-state index contributed by atoms with van der Waals surface area (Å²) in [5, 5.41) is 8.34. The number of nitrogens with zero attached hydrogens (tertiary/aromatic N) is 1. The van der Waals surface area contributed by atoms with Crippen LogP contribution in [0.1, 0.15) is 32.1 Å². The monoisotopic (exact) mass is 229 g/mol. The van der Waals surface area contributed by atoms with Crippen molar-refractivity contribution in [3.05, 3.63) is 0 Å². The van der Waals surface area contributed by atoms with Crippen molar-refractivity contribution in [1.29, 1.82) is 0 Å². The zero-order valence-electron chi connectivity index (χ0n) is 9.32. The predicted octanol–water partition coefficient (Wildman–Crippen LogP) is -0.388. The highest BCUT2D eigenvalue weighted by Gasteiger charge is 2.19. The van der Waals surface area contributed by atoms with Crippen molar-refractivity contribution in [2.45, 2.75) is 38.1 Å². The van der Waals surface area contributed by atoms with Gasteiger partial charge in [0.1, 0.15) is 0 Å². The van der Waals surface area contributed by atoms with E-state index in [4.69, 9.17) is 10.9 Å². The first-order valence-electron chi connectivity index (χ1n) is 5.62. The van der Waals surface area contributed by atoms with E-state index < -0.39 is 11.9 Å². The molecule has 6 heteroatoms. The van der Waals surface area contributed by atoms with Gasteiger partial charge in [-0.2, -0.15) is 0 Å². The maximum atomic E-state index is 11.7. The van der Waals surface area contributed by atoms with E-state index in [0.717, 1.165) is 25.9 Å². The summed E-state index contributed by atoms with van der Waals surface area (Å²) in [4.78, 5) is 24.4. The van der Waals surface area contributed by atoms with Crippen molar-refractivity contribution >= 4 is 11.8 Å². The predicted molar refractivity (Wildman–Crippen MR) is 57.6 cm³/mol. The Morgan fingerprint density at radius 3 is 2.50 bits per heavy atom. The molecule has 1 fully saturated rings. The number of carbonyl (C=O) groups excluding carboxylic acids is 2. The maximum Gasteiger partial charge on any atom is 0.260 e. The molecule has 1 atom stereocenters. The molecule has 16 heavy (non-hydrogen) atoms. The third-order valence-corrected chi connectivity index (χ3v) is 2.82. The number of piperidine rings is 1. The van der Waals surface area contributed by atoms with Crippen LogP contribution >= 0.6 is 0 Å². The SMILES string of the molecule is N[C@@H](CCC(=O)N1CCCCC1)C(=O)NO. The highest BCUT2D eigenvalue weighted by molar-refractivity contribution is 5.82. The van der Waals surface area contributed by atoms with E-state index in [9.17, 15) is 9.59 Å². The van der Waals surface area contributed by atoms with E-state index >= 15 is 0 Å². The Morgan fingerprint density at radius 2 is 1.94 bits per heavy atom. The Balaban J connectivity index is 2.26. The molecule has 92 valence electrons. The molecule has 0 aliphatic carbocycles. The lowest BCUT2D eigenvalue weighted by molar-refractivity contribution is -0.133. The van der Waals surface area contributed by atoms with Crippen molar-refractivity contribution in [2.24, 2.45) is 5.73 Å². The van der Waals surface area contributed by atoms with E-state index in [1.807, 2.05) is 4.90 Å².